The van der Waals surface area contributed by atoms with Crippen LogP contribution in [0.5, 0.6) is 0 Å². The molecule has 0 aliphatic carbocycles. The predicted octanol–water partition coefficient (Wildman–Crippen LogP) is 3.09. The summed E-state index contributed by atoms with van der Waals surface area (Å²) in [6.45, 7) is 4.20. The van der Waals surface area contributed by atoms with Crippen LogP contribution in [0.25, 0.3) is 5.65 Å². The van der Waals surface area contributed by atoms with Gasteiger partial charge in [-0.2, -0.15) is 5.26 Å². The Hall–Kier alpha value is -1.34. The number of hydrogen-bond donors (Lipinski definition) is 0. The number of fused-ring (bicyclic) bond motifs is 1. The predicted molar refractivity (Wildman–Crippen MR) is 61.7 cm³/mol. The van der Waals surface area contributed by atoms with Crippen LogP contribution in [0.4, 0.5) is 0 Å². The topological polar surface area (TPSA) is 41.1 Å². The van der Waals surface area contributed by atoms with E-state index in [0.29, 0.717) is 11.5 Å². The van der Waals surface area contributed by atoms with Gasteiger partial charge in [0.2, 0.25) is 0 Å². The van der Waals surface area contributed by atoms with Crippen LogP contribution >= 0.6 is 15.9 Å². The van der Waals surface area contributed by atoms with Crippen LogP contribution in [-0.2, 0) is 0 Å². The molecule has 0 saturated carbocycles. The fraction of sp³-hybridized carbons (Fsp3) is 0.273. The van der Waals surface area contributed by atoms with Crippen LogP contribution in [0.2, 0.25) is 0 Å². The van der Waals surface area contributed by atoms with Crippen molar-refractivity contribution in [2.24, 2.45) is 0 Å². The van der Waals surface area contributed by atoms with Crippen molar-refractivity contribution in [3.8, 4) is 6.07 Å². The average molecular weight is 264 g/mol. The van der Waals surface area contributed by atoms with Gasteiger partial charge in [0.25, 0.3) is 0 Å². The second kappa shape index (κ2) is 3.67. The van der Waals surface area contributed by atoms with Crippen LogP contribution in [0.3, 0.4) is 0 Å². The molecule has 2 heterocycles. The number of rotatable bonds is 1. The molecule has 2 rings (SSSR count). The first-order valence-corrected chi connectivity index (χ1v) is 5.49. The van der Waals surface area contributed by atoms with Crippen molar-refractivity contribution in [1.82, 2.24) is 9.38 Å². The van der Waals surface area contributed by atoms with Gasteiger partial charge in [0.15, 0.2) is 0 Å². The first-order chi connectivity index (χ1) is 7.11. The zero-order valence-electron chi connectivity index (χ0n) is 8.53. The molecule has 0 bridgehead atoms. The summed E-state index contributed by atoms with van der Waals surface area (Å²) in [5.74, 6) is 0.397. The maximum absolute atomic E-state index is 8.88. The van der Waals surface area contributed by atoms with E-state index in [2.05, 4.69) is 40.8 Å². The summed E-state index contributed by atoms with van der Waals surface area (Å²) in [6, 6.07) is 3.91. The summed E-state index contributed by atoms with van der Waals surface area (Å²) in [4.78, 5) is 4.45. The van der Waals surface area contributed by atoms with Crippen LogP contribution < -0.4 is 0 Å². The lowest BCUT2D eigenvalue weighted by Crippen LogP contribution is -1.86. The average Bonchev–Trinajstić information content (AvgIpc) is 2.59. The molecule has 0 aliphatic rings. The Balaban J connectivity index is 2.68. The summed E-state index contributed by atoms with van der Waals surface area (Å²) < 4.78 is 2.73. The Morgan fingerprint density at radius 1 is 1.47 bits per heavy atom. The number of hydrogen-bond acceptors (Lipinski definition) is 2. The second-order valence-corrected chi connectivity index (χ2v) is 4.59. The highest BCUT2D eigenvalue weighted by Crippen LogP contribution is 2.20. The van der Waals surface area contributed by atoms with E-state index >= 15 is 0 Å². The summed E-state index contributed by atoms with van der Waals surface area (Å²) >= 11 is 3.35. The zero-order valence-corrected chi connectivity index (χ0v) is 10.1. The van der Waals surface area contributed by atoms with E-state index < -0.39 is 0 Å². The van der Waals surface area contributed by atoms with Crippen molar-refractivity contribution < 1.29 is 0 Å². The molecular weight excluding hydrogens is 254 g/mol. The minimum absolute atomic E-state index is 0.397. The molecule has 0 aliphatic heterocycles. The van der Waals surface area contributed by atoms with Gasteiger partial charge in [0, 0.05) is 18.5 Å². The highest BCUT2D eigenvalue weighted by molar-refractivity contribution is 9.10. The van der Waals surface area contributed by atoms with Crippen LogP contribution in [0, 0.1) is 11.3 Å². The molecule has 0 radical (unpaired) electrons. The van der Waals surface area contributed by atoms with Crippen LogP contribution in [0.1, 0.15) is 31.0 Å². The van der Waals surface area contributed by atoms with Crippen LogP contribution in [-0.4, -0.2) is 9.38 Å². The van der Waals surface area contributed by atoms with Gasteiger partial charge in [-0.15, -0.1) is 0 Å². The molecule has 0 unspecified atom stereocenters. The monoisotopic (exact) mass is 263 g/mol. The van der Waals surface area contributed by atoms with Gasteiger partial charge in [-0.3, -0.25) is 0 Å². The number of pyridine rings is 1. The van der Waals surface area contributed by atoms with Crippen molar-refractivity contribution in [3.63, 3.8) is 0 Å². The first-order valence-electron chi connectivity index (χ1n) is 4.70. The summed E-state index contributed by atoms with van der Waals surface area (Å²) in [7, 11) is 0. The molecule has 0 aromatic carbocycles. The number of nitriles is 1. The summed E-state index contributed by atoms with van der Waals surface area (Å²) in [6.07, 6.45) is 3.86. The molecule has 0 fully saturated rings. The Bertz CT molecular complexity index is 549. The van der Waals surface area contributed by atoms with Gasteiger partial charge >= 0.3 is 0 Å². The van der Waals surface area contributed by atoms with E-state index in [1.807, 2.05) is 16.8 Å². The molecule has 0 spiro atoms. The lowest BCUT2D eigenvalue weighted by atomic mass is 10.2. The summed E-state index contributed by atoms with van der Waals surface area (Å²) in [5.41, 5.74) is 2.47. The van der Waals surface area contributed by atoms with Crippen LogP contribution in [0.15, 0.2) is 22.9 Å². The normalized spacial score (nSPS) is 10.9. The van der Waals surface area contributed by atoms with E-state index in [4.69, 9.17) is 5.26 Å². The number of imidazole rings is 1. The highest BCUT2D eigenvalue weighted by atomic mass is 79.9. The maximum Gasteiger partial charge on any atom is 0.138 e. The lowest BCUT2D eigenvalue weighted by Gasteiger charge is -1.96. The van der Waals surface area contributed by atoms with Crippen molar-refractivity contribution in [2.45, 2.75) is 19.8 Å². The Morgan fingerprint density at radius 3 is 2.80 bits per heavy atom. The van der Waals surface area contributed by atoms with Gasteiger partial charge in [-0.05, 0) is 21.8 Å². The SMILES string of the molecule is CC(C)c1cn2cc(Br)c(C#N)cc2n1. The third kappa shape index (κ3) is 1.75. The van der Waals surface area contributed by atoms with Crippen molar-refractivity contribution in [3.05, 3.63) is 34.2 Å². The molecule has 4 heteroatoms. The van der Waals surface area contributed by atoms with Crippen molar-refractivity contribution in [2.75, 3.05) is 0 Å². The molecule has 3 nitrogen and oxygen atoms in total. The lowest BCUT2D eigenvalue weighted by molar-refractivity contribution is 0.834. The third-order valence-electron chi connectivity index (χ3n) is 2.27. The summed E-state index contributed by atoms with van der Waals surface area (Å²) in [5, 5.41) is 8.88. The minimum atomic E-state index is 0.397. The fourth-order valence-corrected chi connectivity index (χ4v) is 1.81. The Morgan fingerprint density at radius 2 is 2.20 bits per heavy atom. The van der Waals surface area contributed by atoms with Crippen molar-refractivity contribution in [1.29, 1.82) is 5.26 Å². The molecule has 0 atom stereocenters. The molecule has 2 aromatic rings. The molecular formula is C11H10BrN3. The van der Waals surface area contributed by atoms with Gasteiger partial charge in [-0.25, -0.2) is 4.98 Å². The zero-order chi connectivity index (χ0) is 11.0. The standard InChI is InChI=1S/C11H10BrN3/c1-7(2)10-6-15-5-9(12)8(4-13)3-11(15)14-10/h3,5-7H,1-2H3. The van der Waals surface area contributed by atoms with Gasteiger partial charge in [0.05, 0.1) is 15.7 Å². The molecule has 76 valence electrons. The molecule has 0 saturated heterocycles. The van der Waals surface area contributed by atoms with E-state index in [9.17, 15) is 0 Å². The molecule has 0 N–H and O–H groups in total. The molecule has 0 amide bonds. The Kier molecular flexibility index (Phi) is 2.49. The first kappa shape index (κ1) is 10.2. The third-order valence-corrected chi connectivity index (χ3v) is 2.91. The van der Waals surface area contributed by atoms with E-state index in [1.54, 1.807) is 6.07 Å². The second-order valence-electron chi connectivity index (χ2n) is 3.73. The minimum Gasteiger partial charge on any atom is -0.306 e. The quantitative estimate of drug-likeness (QED) is 0.794. The number of halogens is 1. The van der Waals surface area contributed by atoms with E-state index in [0.717, 1.165) is 15.8 Å². The van der Waals surface area contributed by atoms with Gasteiger partial charge in [-0.1, -0.05) is 13.8 Å². The smallest absolute Gasteiger partial charge is 0.138 e. The van der Waals surface area contributed by atoms with E-state index in [-0.39, 0.29) is 0 Å². The van der Waals surface area contributed by atoms with Gasteiger partial charge < -0.3 is 4.40 Å². The Labute approximate surface area is 96.5 Å². The fourth-order valence-electron chi connectivity index (χ4n) is 1.39. The molecule has 2 aromatic heterocycles. The largest absolute Gasteiger partial charge is 0.306 e. The molecule has 15 heavy (non-hydrogen) atoms. The maximum atomic E-state index is 8.88. The van der Waals surface area contributed by atoms with Crippen molar-refractivity contribution >= 4 is 21.6 Å². The van der Waals surface area contributed by atoms with Gasteiger partial charge in [0.1, 0.15) is 11.7 Å². The number of aromatic nitrogens is 2. The van der Waals surface area contributed by atoms with E-state index in [1.165, 1.54) is 0 Å². The highest BCUT2D eigenvalue weighted by Gasteiger charge is 2.08. The number of nitrogens with zero attached hydrogens (tertiary/aromatic N) is 3.